The van der Waals surface area contributed by atoms with Crippen molar-refractivity contribution in [3.63, 3.8) is 0 Å². The first kappa shape index (κ1) is 7.35. The summed E-state index contributed by atoms with van der Waals surface area (Å²) in [5.41, 5.74) is 1.09. The molecule has 2 nitrogen and oxygen atoms in total. The number of halogens is 1. The lowest BCUT2D eigenvalue weighted by atomic mass is 10.3. The van der Waals surface area contributed by atoms with E-state index in [4.69, 9.17) is 11.6 Å². The van der Waals surface area contributed by atoms with E-state index in [1.165, 1.54) is 0 Å². The molecule has 0 unspecified atom stereocenters. The summed E-state index contributed by atoms with van der Waals surface area (Å²) in [4.78, 5) is 0. The minimum absolute atomic E-state index is 0.675. The van der Waals surface area contributed by atoms with E-state index >= 15 is 0 Å². The zero-order chi connectivity index (χ0) is 7.23. The first-order chi connectivity index (χ1) is 4.93. The molecule has 0 aromatic carbocycles. The zero-order valence-electron chi connectivity index (χ0n) is 5.55. The minimum Gasteiger partial charge on any atom is -0.285 e. The Morgan fingerprint density at radius 1 is 1.70 bits per heavy atom. The average Bonchev–Trinajstić information content (AvgIpc) is 2.41. The highest BCUT2D eigenvalue weighted by molar-refractivity contribution is 6.17. The van der Waals surface area contributed by atoms with Gasteiger partial charge in [-0.05, 0) is 6.42 Å². The van der Waals surface area contributed by atoms with Crippen LogP contribution in [0.3, 0.4) is 0 Å². The SMILES string of the molecule is ClCCC=Cc1cn[nH]c1. The molecule has 1 aromatic rings. The predicted octanol–water partition coefficient (Wildman–Crippen LogP) is 2.05. The molecule has 0 atom stereocenters. The largest absolute Gasteiger partial charge is 0.285 e. The van der Waals surface area contributed by atoms with Crippen LogP contribution in [0, 0.1) is 0 Å². The number of nitrogens with zero attached hydrogens (tertiary/aromatic N) is 1. The predicted molar refractivity (Wildman–Crippen MR) is 43.0 cm³/mol. The van der Waals surface area contributed by atoms with Crippen LogP contribution < -0.4 is 0 Å². The second kappa shape index (κ2) is 4.12. The Labute approximate surface area is 64.9 Å². The van der Waals surface area contributed by atoms with E-state index in [1.54, 1.807) is 6.20 Å². The lowest BCUT2D eigenvalue weighted by Crippen LogP contribution is -1.66. The zero-order valence-corrected chi connectivity index (χ0v) is 6.30. The molecule has 0 saturated carbocycles. The maximum absolute atomic E-state index is 5.47. The van der Waals surface area contributed by atoms with Crippen LogP contribution in [0.15, 0.2) is 18.5 Å². The Balaban J connectivity index is 2.40. The van der Waals surface area contributed by atoms with Crippen molar-refractivity contribution in [2.75, 3.05) is 5.88 Å². The van der Waals surface area contributed by atoms with Crippen LogP contribution in [0.5, 0.6) is 0 Å². The summed E-state index contributed by atoms with van der Waals surface area (Å²) in [5.74, 6) is 0.675. The van der Waals surface area contributed by atoms with Gasteiger partial charge in [0.2, 0.25) is 0 Å². The van der Waals surface area contributed by atoms with Gasteiger partial charge < -0.3 is 0 Å². The molecule has 10 heavy (non-hydrogen) atoms. The van der Waals surface area contributed by atoms with Crippen LogP contribution in [0.2, 0.25) is 0 Å². The lowest BCUT2D eigenvalue weighted by Gasteiger charge is -1.80. The molecule has 0 saturated heterocycles. The van der Waals surface area contributed by atoms with Crippen molar-refractivity contribution in [2.24, 2.45) is 0 Å². The molecule has 0 amide bonds. The first-order valence-electron chi connectivity index (χ1n) is 3.15. The summed E-state index contributed by atoms with van der Waals surface area (Å²) in [6.07, 6.45) is 8.53. The van der Waals surface area contributed by atoms with Crippen molar-refractivity contribution in [3.8, 4) is 0 Å². The van der Waals surface area contributed by atoms with Gasteiger partial charge in [-0.15, -0.1) is 11.6 Å². The summed E-state index contributed by atoms with van der Waals surface area (Å²) in [5, 5.41) is 6.51. The van der Waals surface area contributed by atoms with Crippen molar-refractivity contribution in [1.29, 1.82) is 0 Å². The van der Waals surface area contributed by atoms with E-state index < -0.39 is 0 Å². The van der Waals surface area contributed by atoms with Crippen molar-refractivity contribution in [3.05, 3.63) is 24.0 Å². The molecular weight excluding hydrogens is 148 g/mol. The van der Waals surface area contributed by atoms with Gasteiger partial charge in [-0.25, -0.2) is 0 Å². The fourth-order valence-corrected chi connectivity index (χ4v) is 0.760. The molecule has 0 aliphatic heterocycles. The molecular formula is C7H9ClN2. The molecule has 3 heteroatoms. The number of aromatic nitrogens is 2. The molecule has 0 radical (unpaired) electrons. The summed E-state index contributed by atoms with van der Waals surface area (Å²) < 4.78 is 0. The van der Waals surface area contributed by atoms with E-state index in [2.05, 4.69) is 10.2 Å². The molecule has 1 aromatic heterocycles. The molecule has 0 bridgehead atoms. The number of alkyl halides is 1. The first-order valence-corrected chi connectivity index (χ1v) is 3.68. The van der Waals surface area contributed by atoms with Gasteiger partial charge >= 0.3 is 0 Å². The number of allylic oxidation sites excluding steroid dienone is 1. The van der Waals surface area contributed by atoms with E-state index in [1.807, 2.05) is 18.3 Å². The number of aromatic amines is 1. The fourth-order valence-electron chi connectivity index (χ4n) is 0.634. The van der Waals surface area contributed by atoms with Gasteiger partial charge in [0.1, 0.15) is 0 Å². The number of hydrogen-bond acceptors (Lipinski definition) is 1. The summed E-state index contributed by atoms with van der Waals surface area (Å²) in [7, 11) is 0. The van der Waals surface area contributed by atoms with Gasteiger partial charge in [-0.2, -0.15) is 5.10 Å². The monoisotopic (exact) mass is 156 g/mol. The van der Waals surface area contributed by atoms with Gasteiger partial charge in [-0.3, -0.25) is 5.10 Å². The fraction of sp³-hybridized carbons (Fsp3) is 0.286. The van der Waals surface area contributed by atoms with Crippen molar-refractivity contribution < 1.29 is 0 Å². The summed E-state index contributed by atoms with van der Waals surface area (Å²) in [6, 6.07) is 0. The number of nitrogens with one attached hydrogen (secondary N) is 1. The highest BCUT2D eigenvalue weighted by atomic mass is 35.5. The topological polar surface area (TPSA) is 28.7 Å². The van der Waals surface area contributed by atoms with Crippen LogP contribution >= 0.6 is 11.6 Å². The summed E-state index contributed by atoms with van der Waals surface area (Å²) >= 11 is 5.47. The van der Waals surface area contributed by atoms with E-state index in [9.17, 15) is 0 Å². The smallest absolute Gasteiger partial charge is 0.0559 e. The minimum atomic E-state index is 0.675. The highest BCUT2D eigenvalue weighted by Crippen LogP contribution is 1.98. The van der Waals surface area contributed by atoms with E-state index in [0.717, 1.165) is 12.0 Å². The van der Waals surface area contributed by atoms with Crippen LogP contribution in [0.25, 0.3) is 6.08 Å². The lowest BCUT2D eigenvalue weighted by molar-refractivity contribution is 1.09. The maximum atomic E-state index is 5.47. The van der Waals surface area contributed by atoms with E-state index in [0.29, 0.717) is 5.88 Å². The van der Waals surface area contributed by atoms with E-state index in [-0.39, 0.29) is 0 Å². The molecule has 0 fully saturated rings. The number of hydrogen-bond donors (Lipinski definition) is 1. The third-order valence-electron chi connectivity index (χ3n) is 1.11. The van der Waals surface area contributed by atoms with Crippen molar-refractivity contribution in [2.45, 2.75) is 6.42 Å². The standard InChI is InChI=1S/C7H9ClN2/c8-4-2-1-3-7-5-9-10-6-7/h1,3,5-6H,2,4H2,(H,9,10). The van der Waals surface area contributed by atoms with Crippen LogP contribution in [-0.4, -0.2) is 16.1 Å². The van der Waals surface area contributed by atoms with Gasteiger partial charge in [0.05, 0.1) is 6.20 Å². The maximum Gasteiger partial charge on any atom is 0.0559 e. The third kappa shape index (κ3) is 2.23. The molecule has 0 spiro atoms. The second-order valence-electron chi connectivity index (χ2n) is 1.91. The molecule has 54 valence electrons. The third-order valence-corrected chi connectivity index (χ3v) is 1.32. The van der Waals surface area contributed by atoms with Crippen molar-refractivity contribution >= 4 is 17.7 Å². The summed E-state index contributed by atoms with van der Waals surface area (Å²) in [6.45, 7) is 0. The second-order valence-corrected chi connectivity index (χ2v) is 2.29. The average molecular weight is 157 g/mol. The van der Waals surface area contributed by atoms with Crippen LogP contribution in [0.4, 0.5) is 0 Å². The van der Waals surface area contributed by atoms with Crippen molar-refractivity contribution in [1.82, 2.24) is 10.2 Å². The van der Waals surface area contributed by atoms with Gasteiger partial charge in [-0.1, -0.05) is 12.2 Å². The quantitative estimate of drug-likeness (QED) is 0.667. The Kier molecular flexibility index (Phi) is 3.03. The molecule has 1 N–H and O–H groups in total. The molecule has 0 aliphatic rings. The molecule has 1 heterocycles. The Hall–Kier alpha value is -0.760. The van der Waals surface area contributed by atoms with Gasteiger partial charge in [0.25, 0.3) is 0 Å². The van der Waals surface area contributed by atoms with Crippen LogP contribution in [-0.2, 0) is 0 Å². The van der Waals surface area contributed by atoms with Gasteiger partial charge in [0, 0.05) is 17.6 Å². The normalized spacial score (nSPS) is 10.9. The highest BCUT2D eigenvalue weighted by Gasteiger charge is 1.83. The molecule has 0 aliphatic carbocycles. The Morgan fingerprint density at radius 2 is 2.60 bits per heavy atom. The van der Waals surface area contributed by atoms with Gasteiger partial charge in [0.15, 0.2) is 0 Å². The number of H-pyrrole nitrogens is 1. The van der Waals surface area contributed by atoms with Crippen LogP contribution in [0.1, 0.15) is 12.0 Å². The molecule has 1 rings (SSSR count). The Morgan fingerprint density at radius 3 is 3.20 bits per heavy atom. The number of rotatable bonds is 3. The Bertz CT molecular complexity index is 191.